The third-order valence-electron chi connectivity index (χ3n) is 3.41. The number of rotatable bonds is 4. The lowest BCUT2D eigenvalue weighted by Crippen LogP contribution is -2.15. The van der Waals surface area contributed by atoms with Gasteiger partial charge in [-0.2, -0.15) is 4.98 Å². The van der Waals surface area contributed by atoms with Crippen LogP contribution in [0.3, 0.4) is 0 Å². The molecule has 1 aliphatic carbocycles. The first-order valence-corrected chi connectivity index (χ1v) is 7.34. The molecule has 0 saturated heterocycles. The lowest BCUT2D eigenvalue weighted by Gasteiger charge is -2.05. The van der Waals surface area contributed by atoms with Crippen molar-refractivity contribution in [3.8, 4) is 11.5 Å². The van der Waals surface area contributed by atoms with E-state index in [0.29, 0.717) is 5.89 Å². The minimum Gasteiger partial charge on any atom is -0.390 e. The predicted molar refractivity (Wildman–Crippen MR) is 76.3 cm³/mol. The van der Waals surface area contributed by atoms with Crippen molar-refractivity contribution in [3.63, 3.8) is 0 Å². The summed E-state index contributed by atoms with van der Waals surface area (Å²) in [6.45, 7) is 0.913. The van der Waals surface area contributed by atoms with E-state index in [4.69, 9.17) is 10.3 Å². The first-order chi connectivity index (χ1) is 9.15. The van der Waals surface area contributed by atoms with Crippen LogP contribution in [0, 0.1) is 0 Å². The van der Waals surface area contributed by atoms with Crippen molar-refractivity contribution in [1.82, 2.24) is 15.0 Å². The second-order valence-corrected chi connectivity index (χ2v) is 6.30. The number of nitrogens with two attached hydrogens (primary N) is 1. The summed E-state index contributed by atoms with van der Waals surface area (Å²) in [5.74, 6) is 1.34. The number of hydrogen-bond acceptors (Lipinski definition) is 6. The van der Waals surface area contributed by atoms with Crippen LogP contribution < -0.4 is 5.73 Å². The van der Waals surface area contributed by atoms with Crippen LogP contribution in [0.1, 0.15) is 22.7 Å². The molecule has 0 saturated carbocycles. The molecule has 0 unspecified atom stereocenters. The average Bonchev–Trinajstić information content (AvgIpc) is 3.01. The molecule has 2 aromatic rings. The highest BCUT2D eigenvalue weighted by atomic mass is 32.1. The summed E-state index contributed by atoms with van der Waals surface area (Å²) >= 11 is 1.67. The first-order valence-electron chi connectivity index (χ1n) is 6.53. The van der Waals surface area contributed by atoms with Gasteiger partial charge in [0.1, 0.15) is 0 Å². The molecule has 19 heavy (non-hydrogen) atoms. The molecule has 0 bridgehead atoms. The number of thiophene rings is 1. The Morgan fingerprint density at radius 2 is 2.21 bits per heavy atom. The summed E-state index contributed by atoms with van der Waals surface area (Å²) in [4.78, 5) is 7.98. The van der Waals surface area contributed by atoms with Gasteiger partial charge in [0, 0.05) is 17.8 Å². The molecule has 0 amide bonds. The molecule has 2 aromatic heterocycles. The van der Waals surface area contributed by atoms with E-state index in [1.165, 1.54) is 16.9 Å². The van der Waals surface area contributed by atoms with E-state index in [1.54, 1.807) is 11.3 Å². The maximum atomic E-state index is 6.10. The Balaban J connectivity index is 1.87. The van der Waals surface area contributed by atoms with Gasteiger partial charge in [0.25, 0.3) is 5.89 Å². The van der Waals surface area contributed by atoms with Crippen molar-refractivity contribution in [1.29, 1.82) is 0 Å². The van der Waals surface area contributed by atoms with Crippen molar-refractivity contribution in [2.45, 2.75) is 25.7 Å². The van der Waals surface area contributed by atoms with E-state index in [9.17, 15) is 0 Å². The van der Waals surface area contributed by atoms with Crippen molar-refractivity contribution >= 4 is 16.3 Å². The lowest BCUT2D eigenvalue weighted by atomic mass is 10.1. The van der Waals surface area contributed by atoms with E-state index in [2.05, 4.69) is 15.0 Å². The maximum Gasteiger partial charge on any atom is 0.261 e. The molecule has 5 nitrogen and oxygen atoms in total. The van der Waals surface area contributed by atoms with Crippen molar-refractivity contribution in [2.75, 3.05) is 26.4 Å². The van der Waals surface area contributed by atoms with Gasteiger partial charge in [0.15, 0.2) is 5.82 Å². The van der Waals surface area contributed by atoms with Gasteiger partial charge >= 0.3 is 0 Å². The summed E-state index contributed by atoms with van der Waals surface area (Å²) < 4.78 is 5.39. The summed E-state index contributed by atoms with van der Waals surface area (Å²) in [5, 5.41) is 4.86. The molecule has 0 aromatic carbocycles. The number of nitrogen functional groups attached to an aromatic ring is 1. The summed E-state index contributed by atoms with van der Waals surface area (Å²) in [6.07, 6.45) is 4.21. The number of fused-ring (bicyclic) bond motifs is 1. The van der Waals surface area contributed by atoms with Crippen LogP contribution in [0.25, 0.3) is 11.5 Å². The second kappa shape index (κ2) is 4.94. The van der Waals surface area contributed by atoms with Gasteiger partial charge in [-0.25, -0.2) is 0 Å². The zero-order chi connectivity index (χ0) is 13.4. The normalized spacial score (nSPS) is 14.3. The fraction of sp³-hybridized carbons (Fsp3) is 0.538. The van der Waals surface area contributed by atoms with Gasteiger partial charge in [-0.1, -0.05) is 5.16 Å². The minimum absolute atomic E-state index is 0.589. The molecule has 102 valence electrons. The molecule has 0 atom stereocenters. The minimum atomic E-state index is 0.589. The Morgan fingerprint density at radius 3 is 3.00 bits per heavy atom. The van der Waals surface area contributed by atoms with Crippen LogP contribution in [0.15, 0.2) is 4.52 Å². The van der Waals surface area contributed by atoms with E-state index < -0.39 is 0 Å². The zero-order valence-electron chi connectivity index (χ0n) is 11.3. The van der Waals surface area contributed by atoms with Gasteiger partial charge in [0.2, 0.25) is 0 Å². The van der Waals surface area contributed by atoms with Crippen molar-refractivity contribution < 1.29 is 4.52 Å². The Bertz CT molecular complexity index is 587. The van der Waals surface area contributed by atoms with Gasteiger partial charge < -0.3 is 15.2 Å². The number of nitrogens with zero attached hydrogens (tertiary/aromatic N) is 3. The standard InChI is InChI=1S/C13H18N4OS/c1-17(2)7-6-10-15-13(18-16-10)11-8-4-3-5-9(8)19-12(11)14/h3-7,14H2,1-2H3. The van der Waals surface area contributed by atoms with E-state index >= 15 is 0 Å². The lowest BCUT2D eigenvalue weighted by molar-refractivity contribution is 0.392. The summed E-state index contributed by atoms with van der Waals surface area (Å²) in [6, 6.07) is 0. The van der Waals surface area contributed by atoms with Gasteiger partial charge in [-0.15, -0.1) is 11.3 Å². The third kappa shape index (κ3) is 2.37. The number of likely N-dealkylation sites (N-methyl/N-ethyl adjacent to an activating group) is 1. The highest BCUT2D eigenvalue weighted by molar-refractivity contribution is 7.16. The summed E-state index contributed by atoms with van der Waals surface area (Å²) in [7, 11) is 4.06. The van der Waals surface area contributed by atoms with Gasteiger partial charge in [-0.05, 0) is 38.9 Å². The molecular weight excluding hydrogens is 260 g/mol. The Morgan fingerprint density at radius 1 is 1.37 bits per heavy atom. The predicted octanol–water partition coefficient (Wildman–Crippen LogP) is 1.97. The molecule has 0 aliphatic heterocycles. The monoisotopic (exact) mass is 278 g/mol. The highest BCUT2D eigenvalue weighted by Gasteiger charge is 2.25. The number of hydrogen-bond donors (Lipinski definition) is 1. The molecule has 0 fully saturated rings. The van der Waals surface area contributed by atoms with Crippen LogP contribution in [-0.4, -0.2) is 35.7 Å². The number of aryl methyl sites for hydroxylation is 1. The van der Waals surface area contributed by atoms with Crippen molar-refractivity contribution in [3.05, 3.63) is 16.3 Å². The van der Waals surface area contributed by atoms with Crippen LogP contribution >= 0.6 is 11.3 Å². The van der Waals surface area contributed by atoms with Crippen LogP contribution in [0.2, 0.25) is 0 Å². The fourth-order valence-corrected chi connectivity index (χ4v) is 3.59. The van der Waals surface area contributed by atoms with E-state index in [0.717, 1.165) is 42.2 Å². The topological polar surface area (TPSA) is 68.2 Å². The molecule has 1 aliphatic rings. The Hall–Kier alpha value is -1.40. The molecule has 0 spiro atoms. The fourth-order valence-electron chi connectivity index (χ4n) is 2.44. The molecule has 6 heteroatoms. The van der Waals surface area contributed by atoms with Crippen LogP contribution in [0.4, 0.5) is 5.00 Å². The van der Waals surface area contributed by atoms with Gasteiger partial charge in [0.05, 0.1) is 10.6 Å². The molecular formula is C13H18N4OS. The van der Waals surface area contributed by atoms with E-state index in [-0.39, 0.29) is 0 Å². The zero-order valence-corrected chi connectivity index (χ0v) is 12.1. The van der Waals surface area contributed by atoms with Gasteiger partial charge in [-0.3, -0.25) is 0 Å². The molecule has 3 rings (SSSR count). The summed E-state index contributed by atoms with van der Waals surface area (Å²) in [5.41, 5.74) is 8.41. The van der Waals surface area contributed by atoms with Crippen LogP contribution in [-0.2, 0) is 19.3 Å². The largest absolute Gasteiger partial charge is 0.390 e. The molecule has 0 radical (unpaired) electrons. The SMILES string of the molecule is CN(C)CCc1noc(-c2c(N)sc3c2CCC3)n1. The molecule has 2 N–H and O–H groups in total. The third-order valence-corrected chi connectivity index (χ3v) is 4.53. The molecule has 2 heterocycles. The average molecular weight is 278 g/mol. The van der Waals surface area contributed by atoms with E-state index in [1.807, 2.05) is 14.1 Å². The Labute approximate surface area is 116 Å². The number of anilines is 1. The second-order valence-electron chi connectivity index (χ2n) is 5.17. The first kappa shape index (κ1) is 12.6. The quantitative estimate of drug-likeness (QED) is 0.926. The maximum absolute atomic E-state index is 6.10. The van der Waals surface area contributed by atoms with Crippen LogP contribution in [0.5, 0.6) is 0 Å². The highest BCUT2D eigenvalue weighted by Crippen LogP contribution is 2.42. The van der Waals surface area contributed by atoms with Crippen molar-refractivity contribution in [2.24, 2.45) is 0 Å². The smallest absolute Gasteiger partial charge is 0.261 e. The Kier molecular flexibility index (Phi) is 3.28. The number of aromatic nitrogens is 2.